The first-order valence-corrected chi connectivity index (χ1v) is 14.2. The van der Waals surface area contributed by atoms with Crippen molar-refractivity contribution in [2.45, 2.75) is 39.1 Å². The molecule has 3 N–H and O–H groups in total. The van der Waals surface area contributed by atoms with Gasteiger partial charge in [-0.1, -0.05) is 61.5 Å². The van der Waals surface area contributed by atoms with E-state index in [1.165, 1.54) is 25.1 Å². The third-order valence-electron chi connectivity index (χ3n) is 6.21. The van der Waals surface area contributed by atoms with E-state index in [0.29, 0.717) is 11.3 Å². The quantitative estimate of drug-likeness (QED) is 0.177. The topological polar surface area (TPSA) is 110 Å². The van der Waals surface area contributed by atoms with E-state index in [0.717, 1.165) is 28.2 Å². The van der Waals surface area contributed by atoms with Crippen LogP contribution in [0.25, 0.3) is 10.8 Å². The molecule has 4 rings (SSSR count). The SMILES string of the molecule is CCC[n+]1cc(Br)cc(C(=O)NCC(OC(=O)NC(C)OC(=O)Nc2cccc3ccccc23)c2ccccc2F)c1.[Cl-]. The molecular formula is C31H31BrClFN4O5. The predicted molar refractivity (Wildman–Crippen MR) is 159 cm³/mol. The van der Waals surface area contributed by atoms with Crippen LogP contribution in [0.5, 0.6) is 0 Å². The number of carbonyl (C=O) groups excluding carboxylic acids is 3. The molecule has 3 amide bonds. The molecule has 2 atom stereocenters. The zero-order valence-electron chi connectivity index (χ0n) is 23.5. The van der Waals surface area contributed by atoms with E-state index in [2.05, 4.69) is 31.9 Å². The third-order valence-corrected chi connectivity index (χ3v) is 6.65. The molecule has 1 heterocycles. The van der Waals surface area contributed by atoms with Gasteiger partial charge in [-0.25, -0.2) is 18.5 Å². The Morgan fingerprint density at radius 3 is 2.44 bits per heavy atom. The zero-order chi connectivity index (χ0) is 30.1. The van der Waals surface area contributed by atoms with Crippen LogP contribution in [0.4, 0.5) is 19.7 Å². The van der Waals surface area contributed by atoms with Crippen LogP contribution in [-0.2, 0) is 16.0 Å². The number of fused-ring (bicyclic) bond motifs is 1. The van der Waals surface area contributed by atoms with Crippen molar-refractivity contribution in [3.63, 3.8) is 0 Å². The maximum Gasteiger partial charge on any atom is 0.413 e. The zero-order valence-corrected chi connectivity index (χ0v) is 25.8. The highest BCUT2D eigenvalue weighted by Crippen LogP contribution is 2.23. The summed E-state index contributed by atoms with van der Waals surface area (Å²) >= 11 is 3.41. The van der Waals surface area contributed by atoms with Crippen molar-refractivity contribution in [2.75, 3.05) is 11.9 Å². The lowest BCUT2D eigenvalue weighted by Gasteiger charge is -2.21. The van der Waals surface area contributed by atoms with Crippen LogP contribution < -0.4 is 32.9 Å². The van der Waals surface area contributed by atoms with E-state index in [-0.39, 0.29) is 24.5 Å². The lowest BCUT2D eigenvalue weighted by atomic mass is 10.1. The van der Waals surface area contributed by atoms with E-state index in [1.54, 1.807) is 30.5 Å². The van der Waals surface area contributed by atoms with E-state index in [4.69, 9.17) is 9.47 Å². The minimum atomic E-state index is -1.17. The van der Waals surface area contributed by atoms with Crippen molar-refractivity contribution < 1.29 is 45.2 Å². The van der Waals surface area contributed by atoms with E-state index >= 15 is 0 Å². The molecule has 0 bridgehead atoms. The number of hydrogen-bond donors (Lipinski definition) is 3. The Balaban J connectivity index is 0.00000506. The Kier molecular flexibility index (Phi) is 12.3. The van der Waals surface area contributed by atoms with Gasteiger partial charge in [0.25, 0.3) is 5.91 Å². The number of anilines is 1. The fourth-order valence-electron chi connectivity index (χ4n) is 4.34. The number of aromatic nitrogens is 1. The van der Waals surface area contributed by atoms with Crippen molar-refractivity contribution in [3.8, 4) is 0 Å². The third kappa shape index (κ3) is 9.39. The number of aryl methyl sites for hydroxylation is 1. The van der Waals surface area contributed by atoms with E-state index < -0.39 is 36.2 Å². The maximum atomic E-state index is 14.7. The van der Waals surface area contributed by atoms with Crippen LogP contribution >= 0.6 is 15.9 Å². The highest BCUT2D eigenvalue weighted by Gasteiger charge is 2.24. The van der Waals surface area contributed by atoms with Gasteiger partial charge < -0.3 is 27.2 Å². The fraction of sp³-hybridized carbons (Fsp3) is 0.226. The second-order valence-electron chi connectivity index (χ2n) is 9.45. The van der Waals surface area contributed by atoms with E-state index in [1.807, 2.05) is 48.0 Å². The summed E-state index contributed by atoms with van der Waals surface area (Å²) in [6.45, 7) is 3.99. The maximum absolute atomic E-state index is 14.7. The number of pyridine rings is 1. The summed E-state index contributed by atoms with van der Waals surface area (Å²) in [4.78, 5) is 38.2. The number of benzene rings is 3. The predicted octanol–water partition coefficient (Wildman–Crippen LogP) is 3.23. The van der Waals surface area contributed by atoms with Gasteiger partial charge in [0.2, 0.25) is 0 Å². The van der Waals surface area contributed by atoms with Crippen LogP contribution in [-0.4, -0.2) is 30.9 Å². The van der Waals surface area contributed by atoms with Gasteiger partial charge in [0.05, 0.1) is 16.7 Å². The number of carbonyl (C=O) groups is 3. The number of amides is 3. The first-order chi connectivity index (χ1) is 20.2. The Morgan fingerprint density at radius 2 is 1.67 bits per heavy atom. The molecule has 9 nitrogen and oxygen atoms in total. The van der Waals surface area contributed by atoms with Gasteiger partial charge in [0.15, 0.2) is 18.6 Å². The number of hydrogen-bond acceptors (Lipinski definition) is 5. The summed E-state index contributed by atoms with van der Waals surface area (Å²) in [7, 11) is 0. The fourth-order valence-corrected chi connectivity index (χ4v) is 4.85. The van der Waals surface area contributed by atoms with Crippen LogP contribution in [0.1, 0.15) is 42.3 Å². The van der Waals surface area contributed by atoms with Crippen LogP contribution in [0, 0.1) is 5.82 Å². The largest absolute Gasteiger partial charge is 1.00 e. The van der Waals surface area contributed by atoms with Crippen molar-refractivity contribution in [1.29, 1.82) is 0 Å². The molecule has 0 radical (unpaired) electrons. The molecule has 12 heteroatoms. The molecular weight excluding hydrogens is 643 g/mol. The summed E-state index contributed by atoms with van der Waals surface area (Å²) in [6.07, 6.45) is 0.449. The lowest BCUT2D eigenvalue weighted by molar-refractivity contribution is -0.697. The normalized spacial score (nSPS) is 11.9. The second kappa shape index (κ2) is 15.9. The summed E-state index contributed by atoms with van der Waals surface area (Å²) in [5.74, 6) is -1.03. The molecule has 0 saturated carbocycles. The first-order valence-electron chi connectivity index (χ1n) is 13.4. The van der Waals surface area contributed by atoms with Crippen LogP contribution in [0.15, 0.2) is 89.7 Å². The standard InChI is InChI=1S/C31H30BrFN4O5.ClH/c1-3-15-37-18-22(16-23(32)19-37)29(38)34-17-28(25-12-6-7-13-26(25)33)42-30(39)35-20(2)41-31(40)36-27-14-8-10-21-9-4-5-11-24(21)27;/h4-14,16,18-20,28H,3,15,17H2,1-2H3,(H2-,34,35,36,38,39,40);1H. The van der Waals surface area contributed by atoms with Crippen molar-refractivity contribution in [2.24, 2.45) is 0 Å². The molecule has 3 aromatic carbocycles. The van der Waals surface area contributed by atoms with Crippen LogP contribution in [0.3, 0.4) is 0 Å². The molecule has 2 unspecified atom stereocenters. The minimum absolute atomic E-state index is 0. The monoisotopic (exact) mass is 672 g/mol. The molecule has 4 aromatic rings. The van der Waals surface area contributed by atoms with Crippen molar-refractivity contribution in [1.82, 2.24) is 10.6 Å². The summed E-state index contributed by atoms with van der Waals surface area (Å²) in [5.41, 5.74) is 1.01. The highest BCUT2D eigenvalue weighted by atomic mass is 79.9. The van der Waals surface area contributed by atoms with Gasteiger partial charge >= 0.3 is 12.2 Å². The molecule has 0 aliphatic heterocycles. The number of ether oxygens (including phenoxy) is 2. The Hall–Kier alpha value is -4.22. The minimum Gasteiger partial charge on any atom is -1.00 e. The number of rotatable bonds is 10. The number of nitrogens with zero attached hydrogens (tertiary/aromatic N) is 1. The molecule has 226 valence electrons. The lowest BCUT2D eigenvalue weighted by Crippen LogP contribution is -3.00. The van der Waals surface area contributed by atoms with Crippen molar-refractivity contribution in [3.05, 3.63) is 107 Å². The molecule has 0 aliphatic carbocycles. The number of nitrogens with one attached hydrogen (secondary N) is 3. The van der Waals surface area contributed by atoms with E-state index in [9.17, 15) is 18.8 Å². The first kappa shape index (κ1) is 33.3. The van der Waals surface area contributed by atoms with Gasteiger partial charge in [0, 0.05) is 17.4 Å². The Morgan fingerprint density at radius 1 is 0.953 bits per heavy atom. The molecule has 0 saturated heterocycles. The molecule has 0 fully saturated rings. The number of halogens is 3. The second-order valence-corrected chi connectivity index (χ2v) is 10.4. The van der Waals surface area contributed by atoms with Gasteiger partial charge in [-0.05, 0) is 46.4 Å². The average Bonchev–Trinajstić information content (AvgIpc) is 2.95. The highest BCUT2D eigenvalue weighted by molar-refractivity contribution is 9.10. The summed E-state index contributed by atoms with van der Waals surface area (Å²) < 4.78 is 28.0. The number of alkyl carbamates (subject to hydrolysis) is 1. The van der Waals surface area contributed by atoms with Gasteiger partial charge in [-0.3, -0.25) is 15.4 Å². The Bertz CT molecular complexity index is 1590. The molecule has 43 heavy (non-hydrogen) atoms. The summed E-state index contributed by atoms with van der Waals surface area (Å²) in [5, 5.41) is 9.57. The van der Waals surface area contributed by atoms with Crippen molar-refractivity contribution >= 4 is 50.5 Å². The van der Waals surface area contributed by atoms with Gasteiger partial charge in [-0.2, -0.15) is 0 Å². The van der Waals surface area contributed by atoms with Crippen LogP contribution in [0.2, 0.25) is 0 Å². The molecule has 0 spiro atoms. The smallest absolute Gasteiger partial charge is 0.413 e. The Labute approximate surface area is 263 Å². The van der Waals surface area contributed by atoms with Gasteiger partial charge in [0.1, 0.15) is 24.0 Å². The molecule has 1 aromatic heterocycles. The average molecular weight is 674 g/mol. The summed E-state index contributed by atoms with van der Waals surface area (Å²) in [6, 6.07) is 20.5. The van der Waals surface area contributed by atoms with Gasteiger partial charge in [-0.15, -0.1) is 0 Å². The molecule has 0 aliphatic rings.